The smallest absolute Gasteiger partial charge is 0.476 e. The van der Waals surface area contributed by atoms with Gasteiger partial charge in [-0.25, -0.2) is 9.59 Å². The Bertz CT molecular complexity index is 1870. The predicted molar refractivity (Wildman–Crippen MR) is 146 cm³/mol. The van der Waals surface area contributed by atoms with E-state index in [2.05, 4.69) is 9.84 Å². The average molecular weight is 637 g/mol. The number of alkyl halides is 3. The Kier molecular flexibility index (Phi) is 7.90. The third kappa shape index (κ3) is 6.49. The molecule has 0 unspecified atom stereocenters. The fraction of sp³-hybridized carbons (Fsp3) is 0.148. The van der Waals surface area contributed by atoms with Gasteiger partial charge in [0.05, 0.1) is 15.7 Å². The minimum atomic E-state index is -4.83. The molecule has 2 N–H and O–H groups in total. The highest BCUT2D eigenvalue weighted by Gasteiger charge is 2.31. The van der Waals surface area contributed by atoms with E-state index < -0.39 is 29.3 Å². The molecule has 222 valence electrons. The maximum absolute atomic E-state index is 13.1. The van der Waals surface area contributed by atoms with Gasteiger partial charge in [-0.2, -0.15) is 9.78 Å². The van der Waals surface area contributed by atoms with Gasteiger partial charge >= 0.3 is 18.0 Å². The number of benzene rings is 3. The van der Waals surface area contributed by atoms with Gasteiger partial charge in [0.2, 0.25) is 5.69 Å². The van der Waals surface area contributed by atoms with E-state index in [4.69, 9.17) is 33.0 Å². The summed E-state index contributed by atoms with van der Waals surface area (Å²) in [5.74, 6) is -2.08. The number of carboxylic acid groups (broad SMARTS) is 1. The first-order valence-electron chi connectivity index (χ1n) is 12.2. The molecule has 0 fully saturated rings. The Hall–Kier alpha value is -4.82. The maximum atomic E-state index is 13.1. The van der Waals surface area contributed by atoms with E-state index in [-0.39, 0.29) is 52.0 Å². The first-order valence-corrected chi connectivity index (χ1v) is 13.0. The highest BCUT2D eigenvalue weighted by molar-refractivity contribution is 6.37. The minimum absolute atomic E-state index is 0.00677. The van der Waals surface area contributed by atoms with Gasteiger partial charge in [0.15, 0.2) is 5.75 Å². The molecule has 2 heterocycles. The summed E-state index contributed by atoms with van der Waals surface area (Å²) < 4.78 is 48.1. The van der Waals surface area contributed by atoms with E-state index in [1.165, 1.54) is 47.4 Å². The third-order valence-corrected chi connectivity index (χ3v) is 6.79. The molecule has 0 spiro atoms. The summed E-state index contributed by atoms with van der Waals surface area (Å²) in [5, 5.41) is 12.6. The summed E-state index contributed by atoms with van der Waals surface area (Å²) in [4.78, 5) is 51.7. The molecule has 0 saturated heterocycles. The number of amides is 1. The molecule has 16 heteroatoms. The summed E-state index contributed by atoms with van der Waals surface area (Å²) in [6.45, 7) is 0.361. The Balaban J connectivity index is 1.34. The molecule has 1 aliphatic rings. The Morgan fingerprint density at radius 3 is 2.42 bits per heavy atom. The maximum Gasteiger partial charge on any atom is 0.573 e. The topological polar surface area (TPSA) is 144 Å². The molecule has 0 radical (unpaired) electrons. The third-order valence-electron chi connectivity index (χ3n) is 6.23. The van der Waals surface area contributed by atoms with Crippen LogP contribution in [0.2, 0.25) is 10.0 Å². The molecule has 0 bridgehead atoms. The van der Waals surface area contributed by atoms with Crippen LogP contribution in [0.15, 0.2) is 64.2 Å². The normalized spacial score (nSPS) is 13.0. The lowest BCUT2D eigenvalue weighted by atomic mass is 9.98. The number of nitrogens with one attached hydrogen (secondary N) is 1. The van der Waals surface area contributed by atoms with Crippen molar-refractivity contribution in [1.29, 1.82) is 0 Å². The van der Waals surface area contributed by atoms with E-state index >= 15 is 0 Å². The van der Waals surface area contributed by atoms with Crippen LogP contribution in [0.4, 0.5) is 13.2 Å². The minimum Gasteiger partial charge on any atom is -0.476 e. The number of hydrogen-bond donors (Lipinski definition) is 2. The zero-order valence-corrected chi connectivity index (χ0v) is 23.0. The molecule has 43 heavy (non-hydrogen) atoms. The van der Waals surface area contributed by atoms with E-state index in [0.29, 0.717) is 27.8 Å². The van der Waals surface area contributed by atoms with Crippen LogP contribution in [-0.2, 0) is 13.0 Å². The van der Waals surface area contributed by atoms with Crippen molar-refractivity contribution in [3.8, 4) is 22.9 Å². The second-order valence-corrected chi connectivity index (χ2v) is 9.97. The van der Waals surface area contributed by atoms with Crippen LogP contribution in [0.1, 0.15) is 32.0 Å². The second kappa shape index (κ2) is 11.5. The molecular weight excluding hydrogens is 620 g/mol. The number of fused-ring (bicyclic) bond motifs is 1. The number of ether oxygens (including phenoxy) is 2. The summed E-state index contributed by atoms with van der Waals surface area (Å²) in [7, 11) is 0. The van der Waals surface area contributed by atoms with Crippen molar-refractivity contribution < 1.29 is 37.3 Å². The van der Waals surface area contributed by atoms with Crippen molar-refractivity contribution in [3.63, 3.8) is 0 Å². The van der Waals surface area contributed by atoms with Gasteiger partial charge in [0.25, 0.3) is 11.5 Å². The Labute approximate surface area is 248 Å². The zero-order valence-electron chi connectivity index (χ0n) is 21.4. The van der Waals surface area contributed by atoms with Crippen molar-refractivity contribution in [2.45, 2.75) is 19.3 Å². The number of aromatic carboxylic acids is 1. The summed E-state index contributed by atoms with van der Waals surface area (Å²) in [5.41, 5.74) is -1.66. The highest BCUT2D eigenvalue weighted by atomic mass is 35.5. The van der Waals surface area contributed by atoms with Crippen molar-refractivity contribution in [1.82, 2.24) is 19.7 Å². The number of nitrogens with zero attached hydrogens (tertiary/aromatic N) is 3. The molecule has 1 aromatic heterocycles. The summed E-state index contributed by atoms with van der Waals surface area (Å²) in [6, 6.07) is 12.5. The molecule has 11 nitrogen and oxygen atoms in total. The lowest BCUT2D eigenvalue weighted by molar-refractivity contribution is -0.274. The summed E-state index contributed by atoms with van der Waals surface area (Å²) >= 11 is 12.7. The number of rotatable bonds is 7. The number of carboxylic acids is 1. The van der Waals surface area contributed by atoms with Crippen LogP contribution in [0.3, 0.4) is 0 Å². The molecule has 5 rings (SSSR count). The van der Waals surface area contributed by atoms with E-state index in [1.807, 2.05) is 4.98 Å². The summed E-state index contributed by atoms with van der Waals surface area (Å²) in [6.07, 6.45) is -4.41. The number of aromatic nitrogens is 3. The number of aromatic amines is 1. The first-order chi connectivity index (χ1) is 20.3. The standard InChI is InChI=1S/C27H17Cl2F3N4O7/c28-19-10-15(36-26(41)33-23(37)21(34-36)25(39)40)11-20(29)22(19)42-16-4-5-18-14(9-16)6-7-35(24(18)38)12-13-2-1-3-17(8-13)43-27(30,31)32/h1-5,8-11H,6-7,12H2,(H,39,40)(H,33,37,41). The number of hydrogen-bond acceptors (Lipinski definition) is 7. The second-order valence-electron chi connectivity index (χ2n) is 9.16. The van der Waals surface area contributed by atoms with E-state index in [1.54, 1.807) is 12.1 Å². The van der Waals surface area contributed by atoms with Crippen molar-refractivity contribution in [2.75, 3.05) is 6.54 Å². The van der Waals surface area contributed by atoms with E-state index in [0.717, 1.165) is 0 Å². The van der Waals surface area contributed by atoms with Crippen molar-refractivity contribution in [3.05, 3.63) is 108 Å². The van der Waals surface area contributed by atoms with Crippen LogP contribution in [-0.4, -0.2) is 49.6 Å². The lowest BCUT2D eigenvalue weighted by Gasteiger charge is -2.29. The molecule has 1 amide bonds. The Morgan fingerprint density at radius 2 is 1.74 bits per heavy atom. The quantitative estimate of drug-likeness (QED) is 0.294. The number of halogens is 5. The fourth-order valence-electron chi connectivity index (χ4n) is 4.39. The van der Waals surface area contributed by atoms with Crippen LogP contribution >= 0.6 is 23.2 Å². The largest absolute Gasteiger partial charge is 0.573 e. The molecular formula is C27H17Cl2F3N4O7. The number of carbonyl (C=O) groups excluding carboxylic acids is 1. The first kappa shape index (κ1) is 29.7. The average Bonchev–Trinajstić information content (AvgIpc) is 2.91. The van der Waals surface area contributed by atoms with Gasteiger partial charge < -0.3 is 19.5 Å². The van der Waals surface area contributed by atoms with Gasteiger partial charge in [0, 0.05) is 18.7 Å². The van der Waals surface area contributed by atoms with Crippen LogP contribution in [0.25, 0.3) is 5.69 Å². The molecule has 0 aliphatic carbocycles. The Morgan fingerprint density at radius 1 is 1.02 bits per heavy atom. The molecule has 4 aromatic rings. The SMILES string of the molecule is O=C(O)c1nn(-c2cc(Cl)c(Oc3ccc4c(c3)CCN(Cc3cccc(OC(F)(F)F)c3)C4=O)c(Cl)c2)c(=O)[nH]c1=O. The van der Waals surface area contributed by atoms with Gasteiger partial charge in [-0.05, 0) is 60.0 Å². The molecule has 1 aliphatic heterocycles. The van der Waals surface area contributed by atoms with Gasteiger partial charge in [-0.15, -0.1) is 13.2 Å². The molecule has 0 saturated carbocycles. The number of carbonyl (C=O) groups is 2. The van der Waals surface area contributed by atoms with Crippen LogP contribution in [0, 0.1) is 0 Å². The van der Waals surface area contributed by atoms with Crippen molar-refractivity contribution >= 4 is 35.1 Å². The van der Waals surface area contributed by atoms with Crippen LogP contribution < -0.4 is 20.7 Å². The van der Waals surface area contributed by atoms with E-state index in [9.17, 15) is 32.3 Å². The zero-order chi connectivity index (χ0) is 31.1. The van der Waals surface area contributed by atoms with Gasteiger partial charge in [-0.3, -0.25) is 14.6 Å². The predicted octanol–water partition coefficient (Wildman–Crippen LogP) is 4.82. The molecule has 0 atom stereocenters. The lowest BCUT2D eigenvalue weighted by Crippen LogP contribution is -2.37. The number of H-pyrrole nitrogens is 1. The van der Waals surface area contributed by atoms with Crippen molar-refractivity contribution in [2.24, 2.45) is 0 Å². The highest BCUT2D eigenvalue weighted by Crippen LogP contribution is 2.39. The monoisotopic (exact) mass is 636 g/mol. The van der Waals surface area contributed by atoms with Crippen LogP contribution in [0.5, 0.6) is 17.2 Å². The van der Waals surface area contributed by atoms with Gasteiger partial charge in [-0.1, -0.05) is 35.3 Å². The molecule has 3 aromatic carbocycles. The fourth-order valence-corrected chi connectivity index (χ4v) is 4.94. The van der Waals surface area contributed by atoms with Gasteiger partial charge in [0.1, 0.15) is 11.5 Å².